The van der Waals surface area contributed by atoms with E-state index in [4.69, 9.17) is 11.6 Å². The summed E-state index contributed by atoms with van der Waals surface area (Å²) in [6.07, 6.45) is 0. The number of para-hydroxylation sites is 1. The van der Waals surface area contributed by atoms with Crippen molar-refractivity contribution < 1.29 is 13.5 Å². The average molecular weight is 341 g/mol. The van der Waals surface area contributed by atoms with Crippen LogP contribution >= 0.6 is 22.9 Å². The number of phenols is 1. The molecule has 8 heteroatoms. The third-order valence-corrected chi connectivity index (χ3v) is 5.71. The SMILES string of the molecule is O=S(=O)(Nc1nc2cccc(Cl)c2s1)c1ccccc1O. The predicted octanol–water partition coefficient (Wildman–Crippen LogP) is 3.46. The van der Waals surface area contributed by atoms with Crippen LogP contribution in [0.1, 0.15) is 0 Å². The van der Waals surface area contributed by atoms with Crippen molar-refractivity contribution in [1.29, 1.82) is 0 Å². The number of anilines is 1. The number of hydrogen-bond acceptors (Lipinski definition) is 5. The number of nitrogens with zero attached hydrogens (tertiary/aromatic N) is 1. The minimum atomic E-state index is -3.90. The molecule has 0 aliphatic rings. The van der Waals surface area contributed by atoms with Crippen molar-refractivity contribution >= 4 is 48.3 Å². The lowest BCUT2D eigenvalue weighted by atomic mass is 10.3. The Morgan fingerprint density at radius 3 is 2.62 bits per heavy atom. The first-order valence-corrected chi connectivity index (χ1v) is 8.51. The number of rotatable bonds is 3. The van der Waals surface area contributed by atoms with E-state index in [1.54, 1.807) is 24.3 Å². The molecule has 0 bridgehead atoms. The second-order valence-electron chi connectivity index (χ2n) is 4.18. The van der Waals surface area contributed by atoms with E-state index in [0.717, 1.165) is 11.3 Å². The van der Waals surface area contributed by atoms with Gasteiger partial charge in [-0.25, -0.2) is 13.4 Å². The Morgan fingerprint density at radius 2 is 1.90 bits per heavy atom. The van der Waals surface area contributed by atoms with Crippen LogP contribution in [-0.4, -0.2) is 18.5 Å². The second kappa shape index (κ2) is 5.18. The van der Waals surface area contributed by atoms with Crippen LogP contribution < -0.4 is 4.72 Å². The lowest BCUT2D eigenvalue weighted by Crippen LogP contribution is -2.12. The van der Waals surface area contributed by atoms with Crippen LogP contribution in [-0.2, 0) is 10.0 Å². The molecular weight excluding hydrogens is 332 g/mol. The molecule has 0 spiro atoms. The number of nitrogens with one attached hydrogen (secondary N) is 1. The molecular formula is C13H9ClN2O3S2. The van der Waals surface area contributed by atoms with Gasteiger partial charge >= 0.3 is 0 Å². The molecule has 2 aromatic carbocycles. The van der Waals surface area contributed by atoms with E-state index < -0.39 is 10.0 Å². The fraction of sp³-hybridized carbons (Fsp3) is 0. The van der Waals surface area contributed by atoms with Crippen molar-refractivity contribution in [3.05, 3.63) is 47.5 Å². The Balaban J connectivity index is 2.02. The number of aromatic hydroxyl groups is 1. The van der Waals surface area contributed by atoms with Gasteiger partial charge in [-0.2, -0.15) is 0 Å². The first kappa shape index (κ1) is 14.1. The molecule has 0 amide bonds. The fourth-order valence-corrected chi connectivity index (χ4v) is 4.30. The second-order valence-corrected chi connectivity index (χ2v) is 7.24. The standard InChI is InChI=1S/C13H9ClN2O3S2/c14-8-4-3-5-9-12(8)20-13(15-9)16-21(18,19)11-7-2-1-6-10(11)17/h1-7,17H,(H,15,16). The number of aromatic nitrogens is 1. The van der Waals surface area contributed by atoms with Gasteiger partial charge in [0.2, 0.25) is 0 Å². The molecule has 5 nitrogen and oxygen atoms in total. The molecule has 0 aliphatic heterocycles. The van der Waals surface area contributed by atoms with E-state index in [0.29, 0.717) is 15.2 Å². The molecule has 108 valence electrons. The summed E-state index contributed by atoms with van der Waals surface area (Å²) in [5.74, 6) is -0.316. The molecule has 0 unspecified atom stereocenters. The van der Waals surface area contributed by atoms with Gasteiger partial charge < -0.3 is 5.11 Å². The number of sulfonamides is 1. The number of fused-ring (bicyclic) bond motifs is 1. The van der Waals surface area contributed by atoms with Crippen molar-refractivity contribution in [1.82, 2.24) is 4.98 Å². The van der Waals surface area contributed by atoms with Crippen LogP contribution in [0.5, 0.6) is 5.75 Å². The van der Waals surface area contributed by atoms with Gasteiger partial charge in [0.05, 0.1) is 15.2 Å². The van der Waals surface area contributed by atoms with E-state index in [2.05, 4.69) is 9.71 Å². The molecule has 21 heavy (non-hydrogen) atoms. The zero-order valence-corrected chi connectivity index (χ0v) is 12.8. The van der Waals surface area contributed by atoms with E-state index in [1.165, 1.54) is 18.2 Å². The minimum absolute atomic E-state index is 0.196. The molecule has 0 saturated carbocycles. The van der Waals surface area contributed by atoms with Crippen LogP contribution in [0.2, 0.25) is 5.02 Å². The van der Waals surface area contributed by atoms with E-state index in [-0.39, 0.29) is 15.8 Å². The van der Waals surface area contributed by atoms with Crippen molar-refractivity contribution in [2.24, 2.45) is 0 Å². The summed E-state index contributed by atoms with van der Waals surface area (Å²) in [6.45, 7) is 0. The highest BCUT2D eigenvalue weighted by Crippen LogP contribution is 2.33. The highest BCUT2D eigenvalue weighted by molar-refractivity contribution is 7.93. The Bertz CT molecular complexity index is 922. The molecule has 0 saturated heterocycles. The van der Waals surface area contributed by atoms with Gasteiger partial charge in [0.15, 0.2) is 5.13 Å². The van der Waals surface area contributed by atoms with E-state index in [9.17, 15) is 13.5 Å². The van der Waals surface area contributed by atoms with Gasteiger partial charge in [-0.05, 0) is 24.3 Å². The topological polar surface area (TPSA) is 79.3 Å². The lowest BCUT2D eigenvalue weighted by Gasteiger charge is -2.06. The lowest BCUT2D eigenvalue weighted by molar-refractivity contribution is 0.459. The highest BCUT2D eigenvalue weighted by atomic mass is 35.5. The van der Waals surface area contributed by atoms with Crippen molar-refractivity contribution in [3.8, 4) is 5.75 Å². The summed E-state index contributed by atoms with van der Waals surface area (Å²) in [4.78, 5) is 3.98. The van der Waals surface area contributed by atoms with Gasteiger partial charge in [0, 0.05) is 0 Å². The molecule has 2 N–H and O–H groups in total. The van der Waals surface area contributed by atoms with Crippen LogP contribution in [0.4, 0.5) is 5.13 Å². The van der Waals surface area contributed by atoms with E-state index in [1.807, 2.05) is 0 Å². The molecule has 0 atom stereocenters. The molecule has 0 radical (unpaired) electrons. The Hall–Kier alpha value is -1.83. The van der Waals surface area contributed by atoms with E-state index >= 15 is 0 Å². The highest BCUT2D eigenvalue weighted by Gasteiger charge is 2.20. The number of thiazole rings is 1. The molecule has 3 rings (SSSR count). The fourth-order valence-electron chi connectivity index (χ4n) is 1.81. The molecule has 0 fully saturated rings. The minimum Gasteiger partial charge on any atom is -0.507 e. The number of hydrogen-bond donors (Lipinski definition) is 2. The number of halogens is 1. The third kappa shape index (κ3) is 2.67. The quantitative estimate of drug-likeness (QED) is 0.765. The van der Waals surface area contributed by atoms with Crippen molar-refractivity contribution in [2.75, 3.05) is 4.72 Å². The Labute approximate surface area is 129 Å². The Morgan fingerprint density at radius 1 is 1.14 bits per heavy atom. The summed E-state index contributed by atoms with van der Waals surface area (Å²) in [5.41, 5.74) is 0.613. The maximum Gasteiger partial charge on any atom is 0.267 e. The molecule has 1 heterocycles. The zero-order valence-electron chi connectivity index (χ0n) is 10.4. The number of benzene rings is 2. The summed E-state index contributed by atoms with van der Waals surface area (Å²) < 4.78 is 27.5. The van der Waals surface area contributed by atoms with Crippen LogP contribution in [0.15, 0.2) is 47.4 Å². The van der Waals surface area contributed by atoms with Crippen molar-refractivity contribution in [3.63, 3.8) is 0 Å². The largest absolute Gasteiger partial charge is 0.507 e. The smallest absolute Gasteiger partial charge is 0.267 e. The molecule has 0 aliphatic carbocycles. The van der Waals surface area contributed by atoms with Gasteiger partial charge in [-0.1, -0.05) is 41.1 Å². The first-order chi connectivity index (χ1) is 9.97. The summed E-state index contributed by atoms with van der Waals surface area (Å²) >= 11 is 7.17. The monoisotopic (exact) mass is 340 g/mol. The summed E-state index contributed by atoms with van der Waals surface area (Å²) in [6, 6.07) is 10.9. The molecule has 3 aromatic rings. The predicted molar refractivity (Wildman–Crippen MR) is 83.5 cm³/mol. The van der Waals surface area contributed by atoms with Gasteiger partial charge in [0.1, 0.15) is 10.6 Å². The maximum absolute atomic E-state index is 12.2. The van der Waals surface area contributed by atoms with Gasteiger partial charge in [-0.3, -0.25) is 4.72 Å². The zero-order chi connectivity index (χ0) is 15.0. The maximum atomic E-state index is 12.2. The van der Waals surface area contributed by atoms with Gasteiger partial charge in [-0.15, -0.1) is 0 Å². The molecule has 1 aromatic heterocycles. The average Bonchev–Trinajstić information content (AvgIpc) is 2.82. The van der Waals surface area contributed by atoms with Gasteiger partial charge in [0.25, 0.3) is 10.0 Å². The number of phenolic OH excluding ortho intramolecular Hbond substituents is 1. The van der Waals surface area contributed by atoms with Crippen LogP contribution in [0, 0.1) is 0 Å². The normalized spacial score (nSPS) is 11.7. The summed E-state index contributed by atoms with van der Waals surface area (Å²) in [7, 11) is -3.90. The van der Waals surface area contributed by atoms with Crippen LogP contribution in [0.3, 0.4) is 0 Å². The first-order valence-electron chi connectivity index (χ1n) is 5.83. The van der Waals surface area contributed by atoms with Crippen LogP contribution in [0.25, 0.3) is 10.2 Å². The Kier molecular flexibility index (Phi) is 3.48. The summed E-state index contributed by atoms with van der Waals surface area (Å²) in [5, 5.41) is 10.4. The van der Waals surface area contributed by atoms with Crippen molar-refractivity contribution in [2.45, 2.75) is 4.90 Å². The third-order valence-electron chi connectivity index (χ3n) is 2.74.